The average Bonchev–Trinajstić information content (AvgIpc) is 3.29. The van der Waals surface area contributed by atoms with E-state index in [1.54, 1.807) is 32.6 Å². The van der Waals surface area contributed by atoms with Crippen molar-refractivity contribution in [3.05, 3.63) is 80.5 Å². The minimum Gasteiger partial charge on any atom is -0.493 e. The number of morpholine rings is 1. The van der Waals surface area contributed by atoms with Gasteiger partial charge in [-0.2, -0.15) is 10.2 Å². The van der Waals surface area contributed by atoms with Gasteiger partial charge in [0.05, 0.1) is 44.8 Å². The molecule has 0 bridgehead atoms. The number of methoxy groups -OCH3 is 2. The van der Waals surface area contributed by atoms with Crippen LogP contribution in [-0.4, -0.2) is 62.8 Å². The fourth-order valence-electron chi connectivity index (χ4n) is 4.28. The maximum Gasteiger partial charge on any atom is 0.269 e. The van der Waals surface area contributed by atoms with E-state index in [1.165, 1.54) is 17.7 Å². The summed E-state index contributed by atoms with van der Waals surface area (Å²) in [6.07, 6.45) is 7.26. The highest BCUT2D eigenvalue weighted by Crippen LogP contribution is 2.35. The molecule has 0 aromatic heterocycles. The average molecular weight is 477 g/mol. The van der Waals surface area contributed by atoms with Crippen LogP contribution in [-0.2, 0) is 4.74 Å². The monoisotopic (exact) mass is 476 g/mol. The number of hydrogen-bond donors (Lipinski definition) is 0. The molecule has 1 heterocycles. The van der Waals surface area contributed by atoms with Crippen LogP contribution in [0.3, 0.4) is 0 Å². The summed E-state index contributed by atoms with van der Waals surface area (Å²) >= 11 is 0. The Kier molecular flexibility index (Phi) is 7.89. The zero-order chi connectivity index (χ0) is 24.6. The number of nitro benzene ring substituents is 1. The van der Waals surface area contributed by atoms with Gasteiger partial charge in [0.25, 0.3) is 5.69 Å². The van der Waals surface area contributed by atoms with E-state index in [1.807, 2.05) is 24.4 Å². The number of nitro groups is 1. The number of non-ortho nitro benzene ring substituents is 1. The van der Waals surface area contributed by atoms with E-state index < -0.39 is 0 Å². The maximum atomic E-state index is 11.0. The zero-order valence-electron chi connectivity index (χ0n) is 19.8. The Morgan fingerprint density at radius 3 is 2.43 bits per heavy atom. The molecule has 0 N–H and O–H groups in total. The van der Waals surface area contributed by atoms with Gasteiger partial charge in [-0.25, -0.2) is 0 Å². The van der Waals surface area contributed by atoms with Crippen LogP contribution in [0.1, 0.15) is 24.0 Å². The molecule has 2 aliphatic rings. The Morgan fingerprint density at radius 1 is 1.00 bits per heavy atom. The van der Waals surface area contributed by atoms with E-state index >= 15 is 0 Å². The smallest absolute Gasteiger partial charge is 0.269 e. The van der Waals surface area contributed by atoms with Gasteiger partial charge in [-0.3, -0.25) is 10.1 Å². The molecule has 2 aromatic carbocycles. The fraction of sp³-hybridized carbons (Fsp3) is 0.308. The van der Waals surface area contributed by atoms with E-state index in [9.17, 15) is 10.1 Å². The predicted molar refractivity (Wildman–Crippen MR) is 135 cm³/mol. The molecule has 2 aromatic rings. The van der Waals surface area contributed by atoms with Crippen molar-refractivity contribution in [2.24, 2.45) is 10.2 Å². The van der Waals surface area contributed by atoms with Gasteiger partial charge >= 0.3 is 0 Å². The van der Waals surface area contributed by atoms with Crippen LogP contribution in [0.4, 0.5) is 5.69 Å². The number of ether oxygens (including phenoxy) is 3. The number of hydrogen-bond acceptors (Lipinski definition) is 8. The molecule has 1 aliphatic carbocycles. The lowest BCUT2D eigenvalue weighted by atomic mass is 10.1. The van der Waals surface area contributed by atoms with Crippen molar-refractivity contribution in [1.29, 1.82) is 0 Å². The topological polar surface area (TPSA) is 98.8 Å². The van der Waals surface area contributed by atoms with Crippen molar-refractivity contribution in [3.63, 3.8) is 0 Å². The molecule has 1 saturated heterocycles. The Balaban J connectivity index is 1.60. The third-order valence-corrected chi connectivity index (χ3v) is 5.95. The van der Waals surface area contributed by atoms with Gasteiger partial charge in [0, 0.05) is 36.5 Å². The number of allylic oxidation sites excluding steroid dienone is 2. The highest BCUT2D eigenvalue weighted by Gasteiger charge is 2.25. The maximum absolute atomic E-state index is 11.0. The number of rotatable bonds is 8. The summed E-state index contributed by atoms with van der Waals surface area (Å²) in [6.45, 7) is 2.95. The molecule has 182 valence electrons. The van der Waals surface area contributed by atoms with Crippen molar-refractivity contribution in [2.45, 2.75) is 12.8 Å². The van der Waals surface area contributed by atoms with Crippen molar-refractivity contribution in [1.82, 2.24) is 4.90 Å². The number of para-hydroxylation sites is 1. The molecule has 0 saturated carbocycles. The molecular weight excluding hydrogens is 448 g/mol. The van der Waals surface area contributed by atoms with Gasteiger partial charge in [0.2, 0.25) is 0 Å². The summed E-state index contributed by atoms with van der Waals surface area (Å²) in [5.74, 6) is 1.24. The normalized spacial score (nSPS) is 17.7. The summed E-state index contributed by atoms with van der Waals surface area (Å²) in [4.78, 5) is 12.9. The van der Waals surface area contributed by atoms with Gasteiger partial charge in [0.15, 0.2) is 11.5 Å². The lowest BCUT2D eigenvalue weighted by molar-refractivity contribution is -0.384. The molecule has 4 rings (SSSR count). The molecule has 0 unspecified atom stereocenters. The van der Waals surface area contributed by atoms with E-state index in [-0.39, 0.29) is 10.6 Å². The standard InChI is InChI=1S/C26H28N4O5/c1-33-24-5-3-4-22(26(24)34-2)18-28-27-17-21-9-8-20(25(21)29-12-14-35-15-13-29)16-19-6-10-23(11-7-19)30(31)32/h3-7,10-11,16-18H,8-9,12-15H2,1-2H3/b20-16-,27-17+,28-18+. The molecule has 9 heteroatoms. The second kappa shape index (κ2) is 11.4. The van der Waals surface area contributed by atoms with Crippen LogP contribution in [0.2, 0.25) is 0 Å². The van der Waals surface area contributed by atoms with Crippen LogP contribution < -0.4 is 9.47 Å². The van der Waals surface area contributed by atoms with Crippen LogP contribution >= 0.6 is 0 Å². The molecule has 0 radical (unpaired) electrons. The highest BCUT2D eigenvalue weighted by molar-refractivity contribution is 5.87. The summed E-state index contributed by atoms with van der Waals surface area (Å²) < 4.78 is 16.3. The first kappa shape index (κ1) is 24.2. The van der Waals surface area contributed by atoms with Crippen molar-refractivity contribution in [3.8, 4) is 11.5 Å². The number of benzene rings is 2. The summed E-state index contributed by atoms with van der Waals surface area (Å²) in [7, 11) is 3.19. The van der Waals surface area contributed by atoms with E-state index in [0.717, 1.165) is 48.3 Å². The zero-order valence-corrected chi connectivity index (χ0v) is 19.8. The quantitative estimate of drug-likeness (QED) is 0.316. The highest BCUT2D eigenvalue weighted by atomic mass is 16.6. The molecule has 0 spiro atoms. The first-order valence-electron chi connectivity index (χ1n) is 11.4. The Hall–Kier alpha value is -3.98. The van der Waals surface area contributed by atoms with Gasteiger partial charge in [-0.15, -0.1) is 0 Å². The lowest BCUT2D eigenvalue weighted by Crippen LogP contribution is -2.36. The van der Waals surface area contributed by atoms with E-state index in [2.05, 4.69) is 21.2 Å². The Labute approximate surface area is 204 Å². The molecular formula is C26H28N4O5. The second-order valence-electron chi connectivity index (χ2n) is 8.06. The van der Waals surface area contributed by atoms with E-state index in [0.29, 0.717) is 24.7 Å². The number of nitrogens with zero attached hydrogens (tertiary/aromatic N) is 4. The third kappa shape index (κ3) is 5.75. The Bertz CT molecular complexity index is 1180. The Morgan fingerprint density at radius 2 is 1.74 bits per heavy atom. The summed E-state index contributed by atoms with van der Waals surface area (Å²) in [5.41, 5.74) is 5.22. The fourth-order valence-corrected chi connectivity index (χ4v) is 4.28. The van der Waals surface area contributed by atoms with Crippen LogP contribution in [0.25, 0.3) is 6.08 Å². The van der Waals surface area contributed by atoms with E-state index in [4.69, 9.17) is 14.2 Å². The molecule has 0 amide bonds. The molecule has 1 aliphatic heterocycles. The summed E-state index contributed by atoms with van der Waals surface area (Å²) in [6, 6.07) is 12.2. The van der Waals surface area contributed by atoms with Gasteiger partial charge in [-0.1, -0.05) is 6.07 Å². The van der Waals surface area contributed by atoms with Gasteiger partial charge in [-0.05, 0) is 59.9 Å². The molecule has 0 atom stereocenters. The third-order valence-electron chi connectivity index (χ3n) is 5.95. The van der Waals surface area contributed by atoms with Gasteiger partial charge in [0.1, 0.15) is 0 Å². The van der Waals surface area contributed by atoms with Crippen molar-refractivity contribution >= 4 is 24.2 Å². The first-order chi connectivity index (χ1) is 17.1. The summed E-state index contributed by atoms with van der Waals surface area (Å²) in [5, 5.41) is 19.5. The van der Waals surface area contributed by atoms with Crippen LogP contribution in [0.15, 0.2) is 69.5 Å². The minimum absolute atomic E-state index is 0.0841. The first-order valence-corrected chi connectivity index (χ1v) is 11.4. The SMILES string of the molecule is COc1cccc(/C=N/N=C/C2=C(N3CCOCC3)C(=C\c3ccc([N+](=O)[O-])cc3)/CC2)c1OC. The van der Waals surface area contributed by atoms with Crippen molar-refractivity contribution in [2.75, 3.05) is 40.5 Å². The molecule has 35 heavy (non-hydrogen) atoms. The molecule has 9 nitrogen and oxygen atoms in total. The second-order valence-corrected chi connectivity index (χ2v) is 8.06. The van der Waals surface area contributed by atoms with Gasteiger partial charge < -0.3 is 19.1 Å². The van der Waals surface area contributed by atoms with Crippen molar-refractivity contribution < 1.29 is 19.1 Å². The molecule has 1 fully saturated rings. The predicted octanol–water partition coefficient (Wildman–Crippen LogP) is 4.48. The van der Waals surface area contributed by atoms with Crippen LogP contribution in [0, 0.1) is 10.1 Å². The minimum atomic E-state index is -0.387. The largest absolute Gasteiger partial charge is 0.493 e. The van der Waals surface area contributed by atoms with Crippen LogP contribution in [0.5, 0.6) is 11.5 Å². The lowest BCUT2D eigenvalue weighted by Gasteiger charge is -2.31.